The molecule has 0 saturated carbocycles. The molecule has 0 aliphatic rings. The van der Waals surface area contributed by atoms with Gasteiger partial charge in [-0.1, -0.05) is 37.3 Å². The fourth-order valence-electron chi connectivity index (χ4n) is 1.83. The molecule has 0 aliphatic heterocycles. The van der Waals surface area contributed by atoms with E-state index < -0.39 is 0 Å². The molecule has 0 aliphatic carbocycles. The third-order valence-corrected chi connectivity index (χ3v) is 3.15. The predicted molar refractivity (Wildman–Crippen MR) is 88.9 cm³/mol. The molecular weight excluding hydrogens is 282 g/mol. The van der Waals surface area contributed by atoms with Crippen molar-refractivity contribution in [3.05, 3.63) is 59.7 Å². The Morgan fingerprint density at radius 2 is 1.71 bits per heavy atom. The Balaban J connectivity index is 1.93. The Kier molecular flexibility index (Phi) is 5.58. The molecule has 0 saturated heterocycles. The van der Waals surface area contributed by atoms with Gasteiger partial charge in [-0.25, -0.2) is 0 Å². The summed E-state index contributed by atoms with van der Waals surface area (Å²) >= 11 is 4.97. The van der Waals surface area contributed by atoms with Gasteiger partial charge in [-0.05, 0) is 42.3 Å². The molecule has 0 heterocycles. The zero-order chi connectivity index (χ0) is 15.1. The largest absolute Gasteiger partial charge is 0.494 e. The van der Waals surface area contributed by atoms with Gasteiger partial charge in [0.1, 0.15) is 23.1 Å². The van der Waals surface area contributed by atoms with Crippen LogP contribution in [0.2, 0.25) is 0 Å². The van der Waals surface area contributed by atoms with E-state index in [0.29, 0.717) is 11.6 Å². The van der Waals surface area contributed by atoms with E-state index in [1.54, 1.807) is 0 Å². The molecule has 21 heavy (non-hydrogen) atoms. The van der Waals surface area contributed by atoms with E-state index >= 15 is 0 Å². The van der Waals surface area contributed by atoms with Gasteiger partial charge in [-0.3, -0.25) is 0 Å². The van der Waals surface area contributed by atoms with Gasteiger partial charge < -0.3 is 15.2 Å². The van der Waals surface area contributed by atoms with Gasteiger partial charge in [0.2, 0.25) is 0 Å². The normalized spacial score (nSPS) is 10.1. The van der Waals surface area contributed by atoms with Crippen LogP contribution in [-0.2, 0) is 6.61 Å². The highest BCUT2D eigenvalue weighted by molar-refractivity contribution is 7.80. The highest BCUT2D eigenvalue weighted by Crippen LogP contribution is 2.19. The molecule has 2 N–H and O–H groups in total. The fourth-order valence-corrected chi connectivity index (χ4v) is 1.96. The topological polar surface area (TPSA) is 44.5 Å². The molecule has 2 aromatic rings. The summed E-state index contributed by atoms with van der Waals surface area (Å²) in [7, 11) is 0. The number of ether oxygens (including phenoxy) is 2. The SMILES string of the molecule is CCCOc1ccc(OCc2cccc(C(N)=S)c2)cc1. The van der Waals surface area contributed by atoms with Crippen LogP contribution in [-0.4, -0.2) is 11.6 Å². The van der Waals surface area contributed by atoms with Crippen molar-refractivity contribution in [3.8, 4) is 11.5 Å². The molecule has 0 aromatic heterocycles. The van der Waals surface area contributed by atoms with Crippen LogP contribution in [0.4, 0.5) is 0 Å². The number of rotatable bonds is 7. The van der Waals surface area contributed by atoms with Crippen LogP contribution in [0.3, 0.4) is 0 Å². The summed E-state index contributed by atoms with van der Waals surface area (Å²) < 4.78 is 11.3. The van der Waals surface area contributed by atoms with Crippen LogP contribution in [0.15, 0.2) is 48.5 Å². The van der Waals surface area contributed by atoms with Crippen molar-refractivity contribution in [2.45, 2.75) is 20.0 Å². The summed E-state index contributed by atoms with van der Waals surface area (Å²) in [5, 5.41) is 0. The first-order valence-electron chi connectivity index (χ1n) is 6.93. The van der Waals surface area contributed by atoms with Crippen LogP contribution in [0, 0.1) is 0 Å². The zero-order valence-electron chi connectivity index (χ0n) is 12.0. The first kappa shape index (κ1) is 15.3. The maximum Gasteiger partial charge on any atom is 0.120 e. The van der Waals surface area contributed by atoms with Crippen molar-refractivity contribution < 1.29 is 9.47 Å². The Bertz CT molecular complexity index is 596. The smallest absolute Gasteiger partial charge is 0.120 e. The molecule has 0 fully saturated rings. The lowest BCUT2D eigenvalue weighted by Gasteiger charge is -2.09. The summed E-state index contributed by atoms with van der Waals surface area (Å²) in [6.07, 6.45) is 0.998. The lowest BCUT2D eigenvalue weighted by atomic mass is 10.1. The predicted octanol–water partition coefficient (Wildman–Crippen LogP) is 3.69. The molecule has 3 nitrogen and oxygen atoms in total. The molecule has 2 aromatic carbocycles. The van der Waals surface area contributed by atoms with Crippen molar-refractivity contribution in [2.75, 3.05) is 6.61 Å². The van der Waals surface area contributed by atoms with E-state index in [1.165, 1.54) is 0 Å². The Morgan fingerprint density at radius 3 is 2.33 bits per heavy atom. The van der Waals surface area contributed by atoms with Gasteiger partial charge in [0.05, 0.1) is 6.61 Å². The second-order valence-corrected chi connectivity index (χ2v) is 5.11. The number of hydrogen-bond donors (Lipinski definition) is 1. The van der Waals surface area contributed by atoms with E-state index in [9.17, 15) is 0 Å². The standard InChI is InChI=1S/C17H19NO2S/c1-2-10-19-15-6-8-16(9-7-15)20-12-13-4-3-5-14(11-13)17(18)21/h3-9,11H,2,10,12H2,1H3,(H2,18,21). The summed E-state index contributed by atoms with van der Waals surface area (Å²) in [6.45, 7) is 3.29. The zero-order valence-corrected chi connectivity index (χ0v) is 12.9. The van der Waals surface area contributed by atoms with Crippen LogP contribution >= 0.6 is 12.2 Å². The summed E-state index contributed by atoms with van der Waals surface area (Å²) in [5.41, 5.74) is 7.51. The van der Waals surface area contributed by atoms with Crippen molar-refractivity contribution in [3.63, 3.8) is 0 Å². The van der Waals surface area contributed by atoms with Crippen molar-refractivity contribution in [2.24, 2.45) is 5.73 Å². The Hall–Kier alpha value is -2.07. The van der Waals surface area contributed by atoms with E-state index in [2.05, 4.69) is 6.92 Å². The van der Waals surface area contributed by atoms with Gasteiger partial charge in [0, 0.05) is 5.56 Å². The van der Waals surface area contributed by atoms with Gasteiger partial charge >= 0.3 is 0 Å². The lowest BCUT2D eigenvalue weighted by Crippen LogP contribution is -2.09. The van der Waals surface area contributed by atoms with Crippen molar-refractivity contribution >= 4 is 17.2 Å². The lowest BCUT2D eigenvalue weighted by molar-refractivity contribution is 0.301. The Morgan fingerprint density at radius 1 is 1.05 bits per heavy atom. The number of hydrogen-bond acceptors (Lipinski definition) is 3. The number of benzene rings is 2. The highest BCUT2D eigenvalue weighted by Gasteiger charge is 2.00. The van der Waals surface area contributed by atoms with Crippen molar-refractivity contribution in [1.82, 2.24) is 0 Å². The molecule has 0 amide bonds. The first-order valence-corrected chi connectivity index (χ1v) is 7.34. The average molecular weight is 301 g/mol. The molecule has 4 heteroatoms. The molecule has 0 radical (unpaired) electrons. The Labute approximate surface area is 130 Å². The summed E-state index contributed by atoms with van der Waals surface area (Å²) in [4.78, 5) is 0.397. The average Bonchev–Trinajstić information content (AvgIpc) is 2.52. The van der Waals surface area contributed by atoms with Crippen LogP contribution in [0.1, 0.15) is 24.5 Å². The monoisotopic (exact) mass is 301 g/mol. The molecule has 0 bridgehead atoms. The van der Waals surface area contributed by atoms with E-state index in [1.807, 2.05) is 48.5 Å². The van der Waals surface area contributed by atoms with Gasteiger partial charge in [0.25, 0.3) is 0 Å². The van der Waals surface area contributed by atoms with Crippen molar-refractivity contribution in [1.29, 1.82) is 0 Å². The molecule has 110 valence electrons. The van der Waals surface area contributed by atoms with Gasteiger partial charge in [0.15, 0.2) is 0 Å². The molecule has 0 unspecified atom stereocenters. The summed E-state index contributed by atoms with van der Waals surface area (Å²) in [6, 6.07) is 15.4. The molecular formula is C17H19NO2S. The third-order valence-electron chi connectivity index (χ3n) is 2.91. The number of thiocarbonyl (C=S) groups is 1. The first-order chi connectivity index (χ1) is 10.2. The fraction of sp³-hybridized carbons (Fsp3) is 0.235. The van der Waals surface area contributed by atoms with Gasteiger partial charge in [-0.2, -0.15) is 0 Å². The minimum atomic E-state index is 0.397. The quantitative estimate of drug-likeness (QED) is 0.792. The third kappa shape index (κ3) is 4.76. The molecule has 0 spiro atoms. The van der Waals surface area contributed by atoms with Crippen LogP contribution in [0.5, 0.6) is 11.5 Å². The van der Waals surface area contributed by atoms with Crippen LogP contribution in [0.25, 0.3) is 0 Å². The maximum atomic E-state index is 5.75. The highest BCUT2D eigenvalue weighted by atomic mass is 32.1. The maximum absolute atomic E-state index is 5.75. The minimum Gasteiger partial charge on any atom is -0.494 e. The van der Waals surface area contributed by atoms with E-state index in [4.69, 9.17) is 27.4 Å². The molecule has 2 rings (SSSR count). The van der Waals surface area contributed by atoms with E-state index in [-0.39, 0.29) is 0 Å². The van der Waals surface area contributed by atoms with E-state index in [0.717, 1.165) is 35.7 Å². The van der Waals surface area contributed by atoms with Gasteiger partial charge in [-0.15, -0.1) is 0 Å². The summed E-state index contributed by atoms with van der Waals surface area (Å²) in [5.74, 6) is 1.67. The van der Waals surface area contributed by atoms with Crippen LogP contribution < -0.4 is 15.2 Å². The second-order valence-electron chi connectivity index (χ2n) is 4.67. The second kappa shape index (κ2) is 7.64. The number of nitrogens with two attached hydrogens (primary N) is 1. The minimum absolute atomic E-state index is 0.397. The molecule has 0 atom stereocenters.